The van der Waals surface area contributed by atoms with E-state index in [1.54, 1.807) is 6.07 Å². The summed E-state index contributed by atoms with van der Waals surface area (Å²) in [6.07, 6.45) is 1.76. The van der Waals surface area contributed by atoms with Crippen molar-refractivity contribution in [1.29, 1.82) is 0 Å². The number of hydrogen-bond donors (Lipinski definition) is 2. The van der Waals surface area contributed by atoms with Gasteiger partial charge in [-0.15, -0.1) is 0 Å². The van der Waals surface area contributed by atoms with Crippen molar-refractivity contribution < 1.29 is 4.79 Å². The van der Waals surface area contributed by atoms with Gasteiger partial charge in [-0.1, -0.05) is 32.0 Å². The lowest BCUT2D eigenvalue weighted by Crippen LogP contribution is -2.25. The smallest absolute Gasteiger partial charge is 0.269 e. The van der Waals surface area contributed by atoms with Crippen molar-refractivity contribution in [3.8, 4) is 0 Å². The van der Waals surface area contributed by atoms with E-state index in [-0.39, 0.29) is 5.91 Å². The largest absolute Gasteiger partial charge is 0.398 e. The molecule has 2 rings (SSSR count). The predicted octanol–water partition coefficient (Wildman–Crippen LogP) is 2.52. The molecule has 1 aromatic carbocycles. The number of para-hydroxylation sites is 1. The second-order valence-corrected chi connectivity index (χ2v) is 4.52. The van der Waals surface area contributed by atoms with Crippen molar-refractivity contribution in [3.63, 3.8) is 0 Å². The maximum Gasteiger partial charge on any atom is 0.269 e. The third-order valence-corrected chi connectivity index (χ3v) is 3.10. The number of hydrogen-bond acceptors (Lipinski definition) is 3. The number of carbonyl (C=O) groups excluding carboxylic acids is 1. The number of carbonyl (C=O) groups is 1. The zero-order valence-corrected chi connectivity index (χ0v) is 11.4. The van der Waals surface area contributed by atoms with Crippen LogP contribution in [0, 0.1) is 0 Å². The summed E-state index contributed by atoms with van der Waals surface area (Å²) in [7, 11) is 0. The first kappa shape index (κ1) is 13.3. The lowest BCUT2D eigenvalue weighted by atomic mass is 10.1. The van der Waals surface area contributed by atoms with Gasteiger partial charge >= 0.3 is 0 Å². The summed E-state index contributed by atoms with van der Waals surface area (Å²) in [5, 5.41) is 3.73. The number of nitrogens with zero attached hydrogens (tertiary/aromatic N) is 1. The maximum atomic E-state index is 12.0. The molecule has 1 aromatic heterocycles. The predicted molar refractivity (Wildman–Crippen MR) is 78.2 cm³/mol. The molecule has 0 unspecified atom stereocenters. The molecule has 0 aliphatic carbocycles. The molecular formula is C15H19N3O. The van der Waals surface area contributed by atoms with E-state index in [2.05, 4.69) is 17.2 Å². The monoisotopic (exact) mass is 257 g/mol. The van der Waals surface area contributed by atoms with Crippen LogP contribution in [0.1, 0.15) is 36.3 Å². The standard InChI is InChI=1S/C15H19N3O/c1-3-8-17-15(19)13-9-12(16)11-7-5-6-10(4-2)14(11)18-13/h5-7,9H,3-4,8H2,1-2H3,(H2,16,18)(H,17,19). The van der Waals surface area contributed by atoms with Gasteiger partial charge in [0.1, 0.15) is 5.69 Å². The van der Waals surface area contributed by atoms with Crippen molar-refractivity contribution in [2.45, 2.75) is 26.7 Å². The van der Waals surface area contributed by atoms with Gasteiger partial charge in [-0.25, -0.2) is 4.98 Å². The number of nitrogen functional groups attached to an aromatic ring is 1. The van der Waals surface area contributed by atoms with Gasteiger partial charge in [-0.05, 0) is 24.5 Å². The molecule has 1 amide bonds. The van der Waals surface area contributed by atoms with Crippen molar-refractivity contribution in [2.75, 3.05) is 12.3 Å². The van der Waals surface area contributed by atoms with Gasteiger partial charge in [0.25, 0.3) is 5.91 Å². The van der Waals surface area contributed by atoms with E-state index in [1.807, 2.05) is 25.1 Å². The highest BCUT2D eigenvalue weighted by molar-refractivity contribution is 6.00. The number of nitrogens with two attached hydrogens (primary N) is 1. The van der Waals surface area contributed by atoms with E-state index in [9.17, 15) is 4.79 Å². The first-order chi connectivity index (χ1) is 9.17. The number of fused-ring (bicyclic) bond motifs is 1. The molecule has 0 saturated carbocycles. The molecular weight excluding hydrogens is 238 g/mol. The summed E-state index contributed by atoms with van der Waals surface area (Å²) in [6, 6.07) is 7.57. The summed E-state index contributed by atoms with van der Waals surface area (Å²) in [5.74, 6) is -0.165. The molecule has 4 heteroatoms. The summed E-state index contributed by atoms with van der Waals surface area (Å²) in [6.45, 7) is 4.72. The zero-order chi connectivity index (χ0) is 13.8. The quantitative estimate of drug-likeness (QED) is 0.884. The van der Waals surface area contributed by atoms with E-state index in [0.717, 1.165) is 29.3 Å². The molecule has 0 spiro atoms. The van der Waals surface area contributed by atoms with Gasteiger partial charge in [-0.2, -0.15) is 0 Å². The Kier molecular flexibility index (Phi) is 4.00. The molecule has 0 aliphatic rings. The first-order valence-electron chi connectivity index (χ1n) is 6.63. The summed E-state index contributed by atoms with van der Waals surface area (Å²) >= 11 is 0. The Bertz CT molecular complexity index is 608. The minimum absolute atomic E-state index is 0.165. The fraction of sp³-hybridized carbons (Fsp3) is 0.333. The number of rotatable bonds is 4. The topological polar surface area (TPSA) is 68.0 Å². The SMILES string of the molecule is CCCNC(=O)c1cc(N)c2cccc(CC)c2n1. The van der Waals surface area contributed by atoms with Crippen molar-refractivity contribution in [2.24, 2.45) is 0 Å². The van der Waals surface area contributed by atoms with Crippen LogP contribution in [0.3, 0.4) is 0 Å². The van der Waals surface area contributed by atoms with Gasteiger partial charge in [0.15, 0.2) is 0 Å². The molecule has 2 aromatic rings. The number of anilines is 1. The molecule has 0 saturated heterocycles. The Balaban J connectivity index is 2.50. The average molecular weight is 257 g/mol. The number of benzene rings is 1. The minimum atomic E-state index is -0.165. The Morgan fingerprint density at radius 2 is 2.16 bits per heavy atom. The fourth-order valence-electron chi connectivity index (χ4n) is 2.06. The van der Waals surface area contributed by atoms with Crippen LogP contribution in [-0.2, 0) is 6.42 Å². The van der Waals surface area contributed by atoms with Crippen LogP contribution >= 0.6 is 0 Å². The molecule has 0 aliphatic heterocycles. The third kappa shape index (κ3) is 2.67. The number of aromatic nitrogens is 1. The summed E-state index contributed by atoms with van der Waals surface area (Å²) < 4.78 is 0. The average Bonchev–Trinajstić information content (AvgIpc) is 2.44. The summed E-state index contributed by atoms with van der Waals surface area (Å²) in [4.78, 5) is 16.4. The molecule has 3 N–H and O–H groups in total. The second-order valence-electron chi connectivity index (χ2n) is 4.52. The molecule has 0 radical (unpaired) electrons. The Labute approximate surface area is 113 Å². The minimum Gasteiger partial charge on any atom is -0.398 e. The van der Waals surface area contributed by atoms with Gasteiger partial charge < -0.3 is 11.1 Å². The molecule has 1 heterocycles. The summed E-state index contributed by atoms with van der Waals surface area (Å²) in [5.41, 5.74) is 8.95. The van der Waals surface area contributed by atoms with Crippen LogP contribution in [0.25, 0.3) is 10.9 Å². The molecule has 0 bridgehead atoms. The maximum absolute atomic E-state index is 12.0. The number of nitrogens with one attached hydrogen (secondary N) is 1. The van der Waals surface area contributed by atoms with E-state index in [0.29, 0.717) is 17.9 Å². The van der Waals surface area contributed by atoms with Gasteiger partial charge in [0, 0.05) is 17.6 Å². The lowest BCUT2D eigenvalue weighted by molar-refractivity contribution is 0.0949. The Morgan fingerprint density at radius 1 is 1.37 bits per heavy atom. The highest BCUT2D eigenvalue weighted by Gasteiger charge is 2.11. The van der Waals surface area contributed by atoms with Gasteiger partial charge in [-0.3, -0.25) is 4.79 Å². The van der Waals surface area contributed by atoms with Crippen LogP contribution in [0.4, 0.5) is 5.69 Å². The van der Waals surface area contributed by atoms with E-state index in [4.69, 9.17) is 5.73 Å². The first-order valence-corrected chi connectivity index (χ1v) is 6.63. The van der Waals surface area contributed by atoms with Crippen LogP contribution in [0.5, 0.6) is 0 Å². The van der Waals surface area contributed by atoms with Gasteiger partial charge in [0.2, 0.25) is 0 Å². The lowest BCUT2D eigenvalue weighted by Gasteiger charge is -2.09. The second kappa shape index (κ2) is 5.69. The van der Waals surface area contributed by atoms with Crippen LogP contribution < -0.4 is 11.1 Å². The molecule has 4 nitrogen and oxygen atoms in total. The van der Waals surface area contributed by atoms with E-state index in [1.165, 1.54) is 0 Å². The molecule has 0 atom stereocenters. The molecule has 19 heavy (non-hydrogen) atoms. The Hall–Kier alpha value is -2.10. The number of aryl methyl sites for hydroxylation is 1. The van der Waals surface area contributed by atoms with Crippen molar-refractivity contribution >= 4 is 22.5 Å². The Morgan fingerprint density at radius 3 is 2.84 bits per heavy atom. The van der Waals surface area contributed by atoms with E-state index >= 15 is 0 Å². The van der Waals surface area contributed by atoms with Crippen molar-refractivity contribution in [1.82, 2.24) is 10.3 Å². The fourth-order valence-corrected chi connectivity index (χ4v) is 2.06. The van der Waals surface area contributed by atoms with Crippen molar-refractivity contribution in [3.05, 3.63) is 35.5 Å². The van der Waals surface area contributed by atoms with Crippen LogP contribution in [0.15, 0.2) is 24.3 Å². The van der Waals surface area contributed by atoms with Crippen LogP contribution in [-0.4, -0.2) is 17.4 Å². The normalized spacial score (nSPS) is 10.6. The zero-order valence-electron chi connectivity index (χ0n) is 11.4. The highest BCUT2D eigenvalue weighted by Crippen LogP contribution is 2.23. The highest BCUT2D eigenvalue weighted by atomic mass is 16.1. The third-order valence-electron chi connectivity index (χ3n) is 3.10. The van der Waals surface area contributed by atoms with E-state index < -0.39 is 0 Å². The van der Waals surface area contributed by atoms with Crippen LogP contribution in [0.2, 0.25) is 0 Å². The van der Waals surface area contributed by atoms with Gasteiger partial charge in [0.05, 0.1) is 5.52 Å². The number of pyridine rings is 1. The molecule has 100 valence electrons. The molecule has 0 fully saturated rings. The number of amides is 1.